The number of hydrogen-bond donors (Lipinski definition) is 1. The molecule has 4 heterocycles. The third-order valence-electron chi connectivity index (χ3n) is 6.88. The van der Waals surface area contributed by atoms with E-state index in [9.17, 15) is 4.79 Å². The lowest BCUT2D eigenvalue weighted by molar-refractivity contribution is 0.0704. The van der Waals surface area contributed by atoms with Gasteiger partial charge in [0.05, 0.1) is 0 Å². The van der Waals surface area contributed by atoms with E-state index in [0.29, 0.717) is 17.9 Å². The first-order chi connectivity index (χ1) is 15.1. The van der Waals surface area contributed by atoms with Gasteiger partial charge in [-0.15, -0.1) is 0 Å². The molecule has 1 saturated carbocycles. The Morgan fingerprint density at radius 1 is 1.19 bits per heavy atom. The molecule has 2 aliphatic heterocycles. The van der Waals surface area contributed by atoms with Crippen LogP contribution in [-0.4, -0.2) is 59.0 Å². The number of aryl methyl sites for hydroxylation is 1. The van der Waals surface area contributed by atoms with Crippen LogP contribution in [-0.2, 0) is 6.42 Å². The van der Waals surface area contributed by atoms with E-state index in [1.54, 1.807) is 12.3 Å². The number of carbonyl (C=O) groups is 1. The van der Waals surface area contributed by atoms with Gasteiger partial charge < -0.3 is 15.1 Å². The van der Waals surface area contributed by atoms with Crippen LogP contribution in [0, 0.1) is 12.8 Å². The summed E-state index contributed by atoms with van der Waals surface area (Å²) in [5.41, 5.74) is 3.13. The first-order valence-corrected chi connectivity index (χ1v) is 11.7. The van der Waals surface area contributed by atoms with E-state index in [2.05, 4.69) is 22.1 Å². The van der Waals surface area contributed by atoms with E-state index < -0.39 is 0 Å². The van der Waals surface area contributed by atoms with Crippen LogP contribution < -0.4 is 10.2 Å². The predicted octanol–water partition coefficient (Wildman–Crippen LogP) is 3.40. The molecule has 2 aromatic rings. The Kier molecular flexibility index (Phi) is 5.50. The van der Waals surface area contributed by atoms with Gasteiger partial charge in [0.2, 0.25) is 0 Å². The van der Waals surface area contributed by atoms with Crippen LogP contribution in [0.4, 0.5) is 11.6 Å². The lowest BCUT2D eigenvalue weighted by Crippen LogP contribution is -2.40. The summed E-state index contributed by atoms with van der Waals surface area (Å²) in [4.78, 5) is 31.9. The third kappa shape index (κ3) is 4.23. The van der Waals surface area contributed by atoms with E-state index in [0.717, 1.165) is 62.2 Å². The smallest absolute Gasteiger partial charge is 0.254 e. The Labute approximate surface area is 184 Å². The third-order valence-corrected chi connectivity index (χ3v) is 6.88. The number of rotatable bonds is 5. The van der Waals surface area contributed by atoms with Crippen LogP contribution >= 0.6 is 0 Å². The van der Waals surface area contributed by atoms with Crippen molar-refractivity contribution in [3.05, 3.63) is 41.0 Å². The van der Waals surface area contributed by atoms with Gasteiger partial charge in [0, 0.05) is 62.2 Å². The number of amides is 1. The largest absolute Gasteiger partial charge is 0.373 e. The van der Waals surface area contributed by atoms with Crippen LogP contribution in [0.25, 0.3) is 0 Å². The highest BCUT2D eigenvalue weighted by Crippen LogP contribution is 2.36. The first-order valence-electron chi connectivity index (χ1n) is 11.7. The molecule has 1 amide bonds. The highest BCUT2D eigenvalue weighted by Gasteiger charge is 2.32. The van der Waals surface area contributed by atoms with Crippen LogP contribution in [0.15, 0.2) is 18.3 Å². The number of piperidine rings is 1. The topological polar surface area (TPSA) is 74.2 Å². The summed E-state index contributed by atoms with van der Waals surface area (Å²) in [7, 11) is 1.82. The van der Waals surface area contributed by atoms with Gasteiger partial charge in [-0.05, 0) is 63.5 Å². The van der Waals surface area contributed by atoms with Crippen molar-refractivity contribution >= 4 is 17.5 Å². The summed E-state index contributed by atoms with van der Waals surface area (Å²) in [6, 6.07) is 3.61. The van der Waals surface area contributed by atoms with Gasteiger partial charge in [-0.2, -0.15) is 0 Å². The molecule has 2 aromatic heterocycles. The molecule has 0 bridgehead atoms. The molecule has 0 aromatic carbocycles. The number of hydrogen-bond acceptors (Lipinski definition) is 6. The van der Waals surface area contributed by atoms with Gasteiger partial charge in [-0.25, -0.2) is 15.0 Å². The number of likely N-dealkylation sites (tertiary alicyclic amines) is 1. The molecule has 0 unspecified atom stereocenters. The maximum absolute atomic E-state index is 13.1. The number of anilines is 2. The van der Waals surface area contributed by atoms with Crippen molar-refractivity contribution in [3.63, 3.8) is 0 Å². The molecule has 1 N–H and O–H groups in total. The molecule has 31 heavy (non-hydrogen) atoms. The Balaban J connectivity index is 1.37. The number of carbonyl (C=O) groups excluding carboxylic acids is 1. The summed E-state index contributed by atoms with van der Waals surface area (Å²) < 4.78 is 0. The lowest BCUT2D eigenvalue weighted by atomic mass is 9.95. The number of pyridine rings is 1. The molecular weight excluding hydrogens is 388 g/mol. The van der Waals surface area contributed by atoms with Crippen LogP contribution in [0.3, 0.4) is 0 Å². The van der Waals surface area contributed by atoms with E-state index in [-0.39, 0.29) is 11.8 Å². The average Bonchev–Trinajstić information content (AvgIpc) is 3.63. The lowest BCUT2D eigenvalue weighted by Gasteiger charge is -2.34. The van der Waals surface area contributed by atoms with Gasteiger partial charge >= 0.3 is 0 Å². The second kappa shape index (κ2) is 8.44. The zero-order chi connectivity index (χ0) is 21.4. The van der Waals surface area contributed by atoms with Crippen molar-refractivity contribution in [2.75, 3.05) is 43.4 Å². The SMILES string of the molecule is CNc1cc(C(=O)N2CCC[C@@H](c3nc(C)c4c(n3)N(CC3CC3)CCC4)C2)ccn1. The zero-order valence-corrected chi connectivity index (χ0v) is 18.6. The highest BCUT2D eigenvalue weighted by atomic mass is 16.2. The van der Waals surface area contributed by atoms with Gasteiger partial charge in [-0.1, -0.05) is 0 Å². The molecule has 0 spiro atoms. The van der Waals surface area contributed by atoms with Crippen molar-refractivity contribution < 1.29 is 4.79 Å². The van der Waals surface area contributed by atoms with Gasteiger partial charge in [-0.3, -0.25) is 4.79 Å². The Morgan fingerprint density at radius 2 is 2.06 bits per heavy atom. The minimum atomic E-state index is 0.0636. The van der Waals surface area contributed by atoms with Crippen molar-refractivity contribution in [2.45, 2.75) is 51.4 Å². The summed E-state index contributed by atoms with van der Waals surface area (Å²) in [5, 5.41) is 3.01. The fraction of sp³-hybridized carbons (Fsp3) is 0.583. The van der Waals surface area contributed by atoms with Crippen LogP contribution in [0.1, 0.15) is 65.5 Å². The minimum Gasteiger partial charge on any atom is -0.373 e. The molecule has 1 aliphatic carbocycles. The standard InChI is InChI=1S/C24H32N6O/c1-16-20-6-4-11-29(14-17-7-8-17)23(20)28-22(27-16)19-5-3-12-30(15-19)24(31)18-9-10-26-21(13-18)25-2/h9-10,13,17,19H,3-8,11-12,14-15H2,1-2H3,(H,25,26)/t19-/m1/s1. The van der Waals surface area contributed by atoms with Crippen molar-refractivity contribution in [1.82, 2.24) is 19.9 Å². The maximum Gasteiger partial charge on any atom is 0.254 e. The van der Waals surface area contributed by atoms with Gasteiger partial charge in [0.1, 0.15) is 17.5 Å². The van der Waals surface area contributed by atoms with Crippen molar-refractivity contribution in [1.29, 1.82) is 0 Å². The van der Waals surface area contributed by atoms with Gasteiger partial charge in [0.15, 0.2) is 0 Å². The van der Waals surface area contributed by atoms with E-state index in [4.69, 9.17) is 9.97 Å². The summed E-state index contributed by atoms with van der Waals surface area (Å²) in [5.74, 6) is 3.89. The maximum atomic E-state index is 13.1. The number of fused-ring (bicyclic) bond motifs is 1. The van der Waals surface area contributed by atoms with Gasteiger partial charge in [0.25, 0.3) is 5.91 Å². The van der Waals surface area contributed by atoms with Crippen LogP contribution in [0.2, 0.25) is 0 Å². The summed E-state index contributed by atoms with van der Waals surface area (Å²) in [6.45, 7) is 5.83. The molecule has 7 heteroatoms. The van der Waals surface area contributed by atoms with Crippen molar-refractivity contribution in [3.8, 4) is 0 Å². The molecular formula is C24H32N6O. The predicted molar refractivity (Wildman–Crippen MR) is 122 cm³/mol. The second-order valence-electron chi connectivity index (χ2n) is 9.23. The Hall–Kier alpha value is -2.70. The first kappa shape index (κ1) is 20.2. The fourth-order valence-corrected chi connectivity index (χ4v) is 4.94. The molecule has 0 radical (unpaired) electrons. The molecule has 2 fully saturated rings. The normalized spacial score (nSPS) is 21.0. The quantitative estimate of drug-likeness (QED) is 0.799. The molecule has 1 saturated heterocycles. The Morgan fingerprint density at radius 3 is 2.87 bits per heavy atom. The summed E-state index contributed by atoms with van der Waals surface area (Å²) in [6.07, 6.45) is 8.67. The van der Waals surface area contributed by atoms with E-state index in [1.165, 1.54) is 24.8 Å². The van der Waals surface area contributed by atoms with E-state index >= 15 is 0 Å². The monoisotopic (exact) mass is 420 g/mol. The van der Waals surface area contributed by atoms with Crippen LogP contribution in [0.5, 0.6) is 0 Å². The molecule has 164 valence electrons. The average molecular weight is 421 g/mol. The fourth-order valence-electron chi connectivity index (χ4n) is 4.94. The number of nitrogens with zero attached hydrogens (tertiary/aromatic N) is 5. The minimum absolute atomic E-state index is 0.0636. The molecule has 3 aliphatic rings. The zero-order valence-electron chi connectivity index (χ0n) is 18.6. The number of nitrogens with one attached hydrogen (secondary N) is 1. The second-order valence-corrected chi connectivity index (χ2v) is 9.23. The Bertz CT molecular complexity index is 973. The summed E-state index contributed by atoms with van der Waals surface area (Å²) >= 11 is 0. The van der Waals surface area contributed by atoms with E-state index in [1.807, 2.05) is 18.0 Å². The highest BCUT2D eigenvalue weighted by molar-refractivity contribution is 5.95. The van der Waals surface area contributed by atoms with Crippen molar-refractivity contribution in [2.24, 2.45) is 5.92 Å². The molecule has 5 rings (SSSR count). The number of aromatic nitrogens is 3. The molecule has 1 atom stereocenters. The molecule has 7 nitrogen and oxygen atoms in total.